The number of hydrogen-bond donors (Lipinski definition) is 3. The van der Waals surface area contributed by atoms with Gasteiger partial charge in [-0.3, -0.25) is 24.7 Å². The number of para-hydroxylation sites is 2. The molecule has 0 saturated heterocycles. The summed E-state index contributed by atoms with van der Waals surface area (Å²) in [7, 11) is 0. The number of nitrogens with one attached hydrogen (secondary N) is 3. The van der Waals surface area contributed by atoms with E-state index in [0.29, 0.717) is 29.6 Å². The smallest absolute Gasteiger partial charge is 0.408 e. The molecule has 0 saturated carbocycles. The lowest BCUT2D eigenvalue weighted by Gasteiger charge is -2.28. The topological polar surface area (TPSA) is 138 Å². The maximum atomic E-state index is 14.3. The summed E-state index contributed by atoms with van der Waals surface area (Å²) in [5.41, 5.74) is 5.09. The van der Waals surface area contributed by atoms with E-state index in [0.717, 1.165) is 49.4 Å². The maximum absolute atomic E-state index is 14.3. The molecule has 0 spiro atoms. The monoisotopic (exact) mass is 628 g/mol. The van der Waals surface area contributed by atoms with Gasteiger partial charge in [0.1, 0.15) is 11.6 Å². The molecule has 0 unspecified atom stereocenters. The van der Waals surface area contributed by atoms with Crippen molar-refractivity contribution in [3.05, 3.63) is 89.2 Å². The van der Waals surface area contributed by atoms with Crippen LogP contribution in [0.1, 0.15) is 52.6 Å². The van der Waals surface area contributed by atoms with E-state index in [4.69, 9.17) is 4.74 Å². The Kier molecular flexibility index (Phi) is 6.37. The van der Waals surface area contributed by atoms with Crippen molar-refractivity contribution in [1.29, 1.82) is 0 Å². The number of fused-ring (bicyclic) bond motifs is 10. The maximum Gasteiger partial charge on any atom is 0.408 e. The van der Waals surface area contributed by atoms with Crippen LogP contribution in [0.3, 0.4) is 0 Å². The molecule has 3 aromatic carbocycles. The normalized spacial score (nSPS) is 15.3. The van der Waals surface area contributed by atoms with E-state index in [1.54, 1.807) is 44.1 Å². The first-order valence-corrected chi connectivity index (χ1v) is 15.6. The Hall–Kier alpha value is -5.71. The van der Waals surface area contributed by atoms with Gasteiger partial charge in [0.15, 0.2) is 0 Å². The number of carbonyl (C=O) groups is 4. The zero-order valence-corrected chi connectivity index (χ0v) is 26.1. The molecule has 1 atom stereocenters. The highest BCUT2D eigenvalue weighted by Crippen LogP contribution is 2.44. The van der Waals surface area contributed by atoms with Crippen LogP contribution in [0.5, 0.6) is 0 Å². The number of hydrogen-bond acceptors (Lipinski definition) is 6. The van der Waals surface area contributed by atoms with Crippen LogP contribution in [-0.4, -0.2) is 61.4 Å². The van der Waals surface area contributed by atoms with Gasteiger partial charge in [0.25, 0.3) is 11.8 Å². The van der Waals surface area contributed by atoms with Crippen molar-refractivity contribution in [3.8, 4) is 0 Å². The lowest BCUT2D eigenvalue weighted by atomic mass is 9.96. The van der Waals surface area contributed by atoms with Crippen molar-refractivity contribution in [2.45, 2.75) is 51.9 Å². The van der Waals surface area contributed by atoms with Crippen LogP contribution in [0.25, 0.3) is 43.6 Å². The van der Waals surface area contributed by atoms with Gasteiger partial charge in [0.2, 0.25) is 5.91 Å². The number of carbonyl (C=O) groups excluding carboxylic acids is 4. The highest BCUT2D eigenvalue weighted by atomic mass is 16.6. The summed E-state index contributed by atoms with van der Waals surface area (Å²) in [6.07, 6.45) is 2.92. The number of amides is 4. The average Bonchev–Trinajstić information content (AvgIpc) is 3.61. The Morgan fingerprint density at radius 3 is 2.47 bits per heavy atom. The van der Waals surface area contributed by atoms with Crippen molar-refractivity contribution in [2.24, 2.45) is 0 Å². The van der Waals surface area contributed by atoms with Gasteiger partial charge in [-0.05, 0) is 44.0 Å². The summed E-state index contributed by atoms with van der Waals surface area (Å²) < 4.78 is 7.68. The number of benzene rings is 3. The summed E-state index contributed by atoms with van der Waals surface area (Å²) in [4.78, 5) is 63.3. The minimum Gasteiger partial charge on any atom is -0.444 e. The van der Waals surface area contributed by atoms with Gasteiger partial charge in [0.05, 0.1) is 27.7 Å². The number of alkyl carbamates (subject to hydrolysis) is 1. The fourth-order valence-corrected chi connectivity index (χ4v) is 7.18. The second-order valence-corrected chi connectivity index (χ2v) is 13.2. The summed E-state index contributed by atoms with van der Waals surface area (Å²) in [6.45, 7) is 6.38. The van der Waals surface area contributed by atoms with Crippen LogP contribution < -0.4 is 10.6 Å². The molecule has 2 aliphatic heterocycles. The quantitative estimate of drug-likeness (QED) is 0.230. The number of H-pyrrole nitrogens is 1. The summed E-state index contributed by atoms with van der Waals surface area (Å²) in [5, 5.41) is 8.49. The molecule has 47 heavy (non-hydrogen) atoms. The molecule has 0 aliphatic carbocycles. The number of imide groups is 1. The third kappa shape index (κ3) is 4.60. The third-order valence-corrected chi connectivity index (χ3v) is 8.96. The molecule has 0 fully saturated rings. The highest BCUT2D eigenvalue weighted by molar-refractivity contribution is 6.39. The van der Waals surface area contributed by atoms with Crippen molar-refractivity contribution in [2.75, 3.05) is 6.54 Å². The molecule has 11 heteroatoms. The lowest BCUT2D eigenvalue weighted by Crippen LogP contribution is -2.51. The predicted octanol–water partition coefficient (Wildman–Crippen LogP) is 5.19. The number of aromatic nitrogens is 3. The molecule has 2 aliphatic rings. The number of aromatic amines is 1. The fraction of sp³-hybridized carbons (Fsp3) is 0.250. The standard InChI is InChI=1S/C36H32N6O5/c1-36(2,3)47-35(46)39-24(16-19-8-7-13-37-17-19)34(45)41-14-15-42-30-20(18-41)9-6-11-22(30)26-28-27(32(43)40-33(28)44)25-21-10-4-5-12-23(21)38-29(25)31(26)42/h4-13,17,24,38H,14-16,18H2,1-3H3,(H,39,46)(H,40,43,44)/t24-/m1/s1. The molecule has 4 amide bonds. The summed E-state index contributed by atoms with van der Waals surface area (Å²) in [6, 6.07) is 16.4. The zero-order chi connectivity index (χ0) is 32.6. The van der Waals surface area contributed by atoms with E-state index in [-0.39, 0.29) is 18.9 Å². The first-order chi connectivity index (χ1) is 22.6. The van der Waals surface area contributed by atoms with Gasteiger partial charge in [-0.25, -0.2) is 4.79 Å². The molecule has 11 nitrogen and oxygen atoms in total. The summed E-state index contributed by atoms with van der Waals surface area (Å²) in [5.74, 6) is -1.06. The second-order valence-electron chi connectivity index (χ2n) is 13.2. The van der Waals surface area contributed by atoms with Gasteiger partial charge in [-0.1, -0.05) is 42.5 Å². The SMILES string of the molecule is CC(C)(C)OC(=O)N[C@H](Cc1cccnc1)C(=O)N1CCn2c3c(cccc3c3c4c(c5c6ccccc6[nH]c5c32)C(=O)NC4=O)C1. The Balaban J connectivity index is 1.26. The van der Waals surface area contributed by atoms with E-state index in [9.17, 15) is 19.2 Å². The Labute approximate surface area is 268 Å². The molecule has 0 radical (unpaired) electrons. The van der Waals surface area contributed by atoms with Gasteiger partial charge in [0, 0.05) is 65.5 Å². The first-order valence-electron chi connectivity index (χ1n) is 15.6. The van der Waals surface area contributed by atoms with Crippen molar-refractivity contribution < 1.29 is 23.9 Å². The van der Waals surface area contributed by atoms with Crippen LogP contribution >= 0.6 is 0 Å². The molecule has 6 aromatic rings. The van der Waals surface area contributed by atoms with Gasteiger partial charge in [-0.2, -0.15) is 0 Å². The van der Waals surface area contributed by atoms with Gasteiger partial charge < -0.3 is 24.5 Å². The summed E-state index contributed by atoms with van der Waals surface area (Å²) >= 11 is 0. The highest BCUT2D eigenvalue weighted by Gasteiger charge is 2.37. The van der Waals surface area contributed by atoms with E-state index in [1.165, 1.54) is 0 Å². The van der Waals surface area contributed by atoms with E-state index in [2.05, 4.69) is 25.2 Å². The molecule has 5 heterocycles. The third-order valence-electron chi connectivity index (χ3n) is 8.96. The van der Waals surface area contributed by atoms with Crippen LogP contribution in [0.4, 0.5) is 4.79 Å². The Morgan fingerprint density at radius 1 is 0.936 bits per heavy atom. The molecule has 3 N–H and O–H groups in total. The molecule has 8 rings (SSSR count). The van der Waals surface area contributed by atoms with Crippen LogP contribution in [-0.2, 0) is 29.0 Å². The largest absolute Gasteiger partial charge is 0.444 e. The number of pyridine rings is 1. The Morgan fingerprint density at radius 2 is 1.70 bits per heavy atom. The van der Waals surface area contributed by atoms with Crippen molar-refractivity contribution >= 4 is 67.4 Å². The molecular weight excluding hydrogens is 596 g/mol. The second kappa shape index (κ2) is 10.4. The Bertz CT molecular complexity index is 2310. The van der Waals surface area contributed by atoms with E-state index < -0.39 is 29.6 Å². The minimum absolute atomic E-state index is 0.242. The molecule has 236 valence electrons. The predicted molar refractivity (Wildman–Crippen MR) is 177 cm³/mol. The lowest BCUT2D eigenvalue weighted by molar-refractivity contribution is -0.134. The van der Waals surface area contributed by atoms with Crippen molar-refractivity contribution in [3.63, 3.8) is 0 Å². The molecule has 0 bridgehead atoms. The van der Waals surface area contributed by atoms with E-state index >= 15 is 0 Å². The van der Waals surface area contributed by atoms with Gasteiger partial charge in [-0.15, -0.1) is 0 Å². The van der Waals surface area contributed by atoms with E-state index in [1.807, 2.05) is 48.5 Å². The average molecular weight is 629 g/mol. The van der Waals surface area contributed by atoms with Crippen molar-refractivity contribution in [1.82, 2.24) is 30.1 Å². The van der Waals surface area contributed by atoms with Crippen LogP contribution in [0.2, 0.25) is 0 Å². The zero-order valence-electron chi connectivity index (χ0n) is 26.1. The first kappa shape index (κ1) is 28.7. The van der Waals surface area contributed by atoms with Crippen LogP contribution in [0, 0.1) is 0 Å². The fourth-order valence-electron chi connectivity index (χ4n) is 7.18. The number of rotatable bonds is 4. The molecular formula is C36H32N6O5. The minimum atomic E-state index is -0.888. The number of ether oxygens (including phenoxy) is 1. The molecule has 3 aromatic heterocycles. The van der Waals surface area contributed by atoms with Gasteiger partial charge >= 0.3 is 6.09 Å². The van der Waals surface area contributed by atoms with Crippen LogP contribution in [0.15, 0.2) is 67.0 Å². The number of nitrogens with zero attached hydrogens (tertiary/aromatic N) is 3.